The molecule has 2 aliphatic rings. The summed E-state index contributed by atoms with van der Waals surface area (Å²) in [5.74, 6) is 1.39. The Labute approximate surface area is 60.7 Å². The summed E-state index contributed by atoms with van der Waals surface area (Å²) < 4.78 is 0. The van der Waals surface area contributed by atoms with E-state index >= 15 is 0 Å². The van der Waals surface area contributed by atoms with Gasteiger partial charge in [-0.1, -0.05) is 5.57 Å². The lowest BCUT2D eigenvalue weighted by Crippen LogP contribution is -1.98. The first-order chi connectivity index (χ1) is 4.47. The highest BCUT2D eigenvalue weighted by Crippen LogP contribution is 2.40. The van der Waals surface area contributed by atoms with Gasteiger partial charge in [-0.3, -0.25) is 0 Å². The summed E-state index contributed by atoms with van der Waals surface area (Å²) in [5, 5.41) is 0. The summed E-state index contributed by atoms with van der Waals surface area (Å²) in [6.45, 7) is 0. The van der Waals surface area contributed by atoms with Gasteiger partial charge in [0, 0.05) is 0 Å². The molecule has 0 amide bonds. The van der Waals surface area contributed by atoms with Crippen LogP contribution in [0.25, 0.3) is 0 Å². The molecule has 1 saturated carbocycles. The van der Waals surface area contributed by atoms with Crippen LogP contribution in [-0.2, 0) is 0 Å². The van der Waals surface area contributed by atoms with Gasteiger partial charge < -0.3 is 0 Å². The zero-order chi connectivity index (χ0) is 6.10. The van der Waals surface area contributed by atoms with E-state index in [9.17, 15) is 0 Å². The number of rotatable bonds is 0. The molecule has 1 heterocycles. The second kappa shape index (κ2) is 2.37. The van der Waals surface area contributed by atoms with Crippen molar-refractivity contribution in [3.8, 4) is 0 Å². The molecule has 0 spiro atoms. The minimum Gasteiger partial charge on any atom is -0.131 e. The standard InChI is InChI=1S/C8H12S/c1-3-7(4-1)8-5-2-6-9-8/h1-6H2. The number of hydrogen-bond donors (Lipinski definition) is 0. The van der Waals surface area contributed by atoms with Gasteiger partial charge in [0.1, 0.15) is 0 Å². The molecule has 1 heteroatoms. The number of allylic oxidation sites excluding steroid dienone is 2. The highest BCUT2D eigenvalue weighted by Gasteiger charge is 2.17. The Morgan fingerprint density at radius 2 is 1.89 bits per heavy atom. The van der Waals surface area contributed by atoms with Crippen LogP contribution in [0.2, 0.25) is 0 Å². The molecule has 0 unspecified atom stereocenters. The summed E-state index contributed by atoms with van der Waals surface area (Å²) in [6, 6.07) is 0. The second-order valence-corrected chi connectivity index (χ2v) is 4.02. The molecule has 0 aromatic carbocycles. The molecule has 9 heavy (non-hydrogen) atoms. The van der Waals surface area contributed by atoms with Crippen molar-refractivity contribution in [3.05, 3.63) is 10.5 Å². The van der Waals surface area contributed by atoms with Crippen LogP contribution in [0, 0.1) is 0 Å². The smallest absolute Gasteiger partial charge is 0.00199 e. The summed E-state index contributed by atoms with van der Waals surface area (Å²) in [5.41, 5.74) is 1.79. The van der Waals surface area contributed by atoms with Crippen molar-refractivity contribution in [1.29, 1.82) is 0 Å². The molecule has 0 aromatic heterocycles. The molecular weight excluding hydrogens is 128 g/mol. The molecule has 0 N–H and O–H groups in total. The zero-order valence-corrected chi connectivity index (χ0v) is 6.47. The van der Waals surface area contributed by atoms with Crippen LogP contribution in [0.15, 0.2) is 10.5 Å². The molecule has 0 aromatic rings. The molecule has 1 aliphatic heterocycles. The molecule has 1 aliphatic carbocycles. The molecule has 1 saturated heterocycles. The maximum atomic E-state index is 2.11. The largest absolute Gasteiger partial charge is 0.131 e. The molecule has 0 atom stereocenters. The Balaban J connectivity index is 2.08. The van der Waals surface area contributed by atoms with Gasteiger partial charge in [0.15, 0.2) is 0 Å². The Kier molecular flexibility index (Phi) is 1.54. The Morgan fingerprint density at radius 3 is 2.33 bits per heavy atom. The van der Waals surface area contributed by atoms with Crippen LogP contribution in [0.4, 0.5) is 0 Å². The average molecular weight is 140 g/mol. The van der Waals surface area contributed by atoms with Crippen LogP contribution >= 0.6 is 11.8 Å². The predicted octanol–water partition coefficient (Wildman–Crippen LogP) is 2.95. The molecule has 50 valence electrons. The normalized spacial score (nSPS) is 26.7. The monoisotopic (exact) mass is 140 g/mol. The fraction of sp³-hybridized carbons (Fsp3) is 0.750. The maximum absolute atomic E-state index is 2.11. The molecule has 2 rings (SSSR count). The van der Waals surface area contributed by atoms with E-state index in [0.717, 1.165) is 0 Å². The van der Waals surface area contributed by atoms with Gasteiger partial charge in [-0.05, 0) is 42.8 Å². The van der Waals surface area contributed by atoms with E-state index in [4.69, 9.17) is 0 Å². The van der Waals surface area contributed by atoms with Crippen molar-refractivity contribution < 1.29 is 0 Å². The fourth-order valence-corrected chi connectivity index (χ4v) is 2.64. The van der Waals surface area contributed by atoms with Crippen molar-refractivity contribution >= 4 is 11.8 Å². The number of hydrogen-bond acceptors (Lipinski definition) is 1. The van der Waals surface area contributed by atoms with Crippen molar-refractivity contribution in [2.45, 2.75) is 32.1 Å². The third kappa shape index (κ3) is 1.03. The van der Waals surface area contributed by atoms with E-state index < -0.39 is 0 Å². The van der Waals surface area contributed by atoms with Crippen LogP contribution in [0.3, 0.4) is 0 Å². The lowest BCUT2D eigenvalue weighted by Gasteiger charge is -2.18. The van der Waals surface area contributed by atoms with Crippen molar-refractivity contribution in [2.24, 2.45) is 0 Å². The summed E-state index contributed by atoms with van der Waals surface area (Å²) in [7, 11) is 0. The average Bonchev–Trinajstić information content (AvgIpc) is 2.11. The van der Waals surface area contributed by atoms with Gasteiger partial charge in [-0.25, -0.2) is 0 Å². The molecule has 0 nitrogen and oxygen atoms in total. The number of thioether (sulfide) groups is 1. The maximum Gasteiger partial charge on any atom is -0.00199 e. The van der Waals surface area contributed by atoms with E-state index in [-0.39, 0.29) is 0 Å². The van der Waals surface area contributed by atoms with E-state index in [1.807, 2.05) is 0 Å². The van der Waals surface area contributed by atoms with Crippen LogP contribution in [0.1, 0.15) is 32.1 Å². The minimum absolute atomic E-state index is 1.39. The third-order valence-electron chi connectivity index (χ3n) is 2.18. The minimum atomic E-state index is 1.39. The lowest BCUT2D eigenvalue weighted by atomic mass is 9.91. The molecule has 2 fully saturated rings. The lowest BCUT2D eigenvalue weighted by molar-refractivity contribution is 0.653. The highest BCUT2D eigenvalue weighted by atomic mass is 32.2. The third-order valence-corrected chi connectivity index (χ3v) is 3.51. The van der Waals surface area contributed by atoms with Gasteiger partial charge in [-0.15, -0.1) is 11.8 Å². The Bertz CT molecular complexity index is 133. The van der Waals surface area contributed by atoms with Crippen LogP contribution in [-0.4, -0.2) is 5.75 Å². The van der Waals surface area contributed by atoms with Crippen molar-refractivity contribution in [2.75, 3.05) is 5.75 Å². The zero-order valence-electron chi connectivity index (χ0n) is 5.65. The summed E-state index contributed by atoms with van der Waals surface area (Å²) in [4.78, 5) is 1.75. The Hall–Kier alpha value is 0.0900. The molecule has 0 radical (unpaired) electrons. The fourth-order valence-electron chi connectivity index (χ4n) is 1.41. The van der Waals surface area contributed by atoms with Crippen molar-refractivity contribution in [1.82, 2.24) is 0 Å². The van der Waals surface area contributed by atoms with Gasteiger partial charge in [0.05, 0.1) is 0 Å². The highest BCUT2D eigenvalue weighted by molar-refractivity contribution is 8.03. The van der Waals surface area contributed by atoms with Gasteiger partial charge >= 0.3 is 0 Å². The van der Waals surface area contributed by atoms with E-state index in [0.29, 0.717) is 0 Å². The quantitative estimate of drug-likeness (QED) is 0.498. The van der Waals surface area contributed by atoms with Gasteiger partial charge in [0.25, 0.3) is 0 Å². The first-order valence-corrected chi connectivity index (χ1v) is 4.79. The van der Waals surface area contributed by atoms with E-state index in [1.54, 1.807) is 10.5 Å². The van der Waals surface area contributed by atoms with Crippen molar-refractivity contribution in [3.63, 3.8) is 0 Å². The van der Waals surface area contributed by atoms with Crippen LogP contribution in [0.5, 0.6) is 0 Å². The Morgan fingerprint density at radius 1 is 1.00 bits per heavy atom. The summed E-state index contributed by atoms with van der Waals surface area (Å²) >= 11 is 2.11. The predicted molar refractivity (Wildman–Crippen MR) is 42.6 cm³/mol. The first-order valence-electron chi connectivity index (χ1n) is 3.80. The van der Waals surface area contributed by atoms with Crippen LogP contribution < -0.4 is 0 Å². The van der Waals surface area contributed by atoms with Gasteiger partial charge in [-0.2, -0.15) is 0 Å². The first kappa shape index (κ1) is 5.84. The SMILES string of the molecule is C1CC(=C2CCCS2)C1. The topological polar surface area (TPSA) is 0 Å². The van der Waals surface area contributed by atoms with E-state index in [2.05, 4.69) is 11.8 Å². The van der Waals surface area contributed by atoms with E-state index in [1.165, 1.54) is 37.9 Å². The molecule has 0 bridgehead atoms. The second-order valence-electron chi connectivity index (χ2n) is 2.83. The summed E-state index contributed by atoms with van der Waals surface area (Å²) in [6.07, 6.45) is 7.13. The molecular formula is C8H12S. The van der Waals surface area contributed by atoms with Gasteiger partial charge in [0.2, 0.25) is 0 Å².